The molecule has 86 heavy (non-hydrogen) atoms. The van der Waals surface area contributed by atoms with Gasteiger partial charge in [0.1, 0.15) is 59.4 Å². The molecule has 3 aliphatic heterocycles. The average molecular weight is 1270 g/mol. The quantitative estimate of drug-likeness (QED) is 0.0105. The highest BCUT2D eigenvalue weighted by molar-refractivity contribution is 7.85. The molecule has 27 nitrogen and oxygen atoms in total. The second-order valence-electron chi connectivity index (χ2n) is 21.2. The van der Waals surface area contributed by atoms with E-state index in [4.69, 9.17) is 24.7 Å². The summed E-state index contributed by atoms with van der Waals surface area (Å²) in [6.07, 6.45) is 5.92. The molecule has 0 spiro atoms. The number of fused-ring (bicyclic) bond motifs is 3. The summed E-state index contributed by atoms with van der Waals surface area (Å²) in [4.78, 5) is 64.4. The largest absolute Gasteiger partial charge is 0.744 e. The van der Waals surface area contributed by atoms with E-state index in [0.717, 1.165) is 94.8 Å². The van der Waals surface area contributed by atoms with Crippen LogP contribution >= 0.6 is 23.5 Å². The standard InChI is InChI=1S/C55H72N9O18P3S/c1-6-62(7-2)37-24-26-40-39(35(3)50(79-43(40)31-37)36-19-12-10-13-20-36)21-18-22-45-55(4,5)41-32-38(86(75,76)77)25-27-42(41)63(45)30-17-11-14-23-46(65)57-28-15-8-9-16-29-58-54-61-47-51(56)59-34-60-52(47)64(54)53-49(67)48(66)44(80-53)33-78-84(71,72)82-85(73,74)81-83(68,69)70/h10,12-13,18-22,24-27,31-32,34,44,48-49,53,66-67H,6-9,11,14-17,23,28-30,33H2,1-5H3,(H8-,56,57,58,59,60,61,65,68,69,70,71,72,73,74,75,76,77)/t44-,48-,49-,53-/m1/s1. The fraction of sp³-hybridized carbons (Fsp3) is 0.436. The third-order valence-corrected chi connectivity index (χ3v) is 19.6. The van der Waals surface area contributed by atoms with Crippen LogP contribution in [-0.4, -0.2) is 126 Å². The number of phosphoric acid groups is 3. The van der Waals surface area contributed by atoms with Crippen molar-refractivity contribution in [2.75, 3.05) is 55.3 Å². The van der Waals surface area contributed by atoms with E-state index in [-0.39, 0.29) is 33.7 Å². The number of benzene rings is 3. The number of nitrogens with two attached hydrogens (primary N) is 1. The number of aliphatic hydroxyl groups excluding tert-OH is 2. The molecule has 1 amide bonds. The van der Waals surface area contributed by atoms with E-state index in [0.29, 0.717) is 51.7 Å². The number of nitrogens with one attached hydrogen (secondary N) is 2. The van der Waals surface area contributed by atoms with Gasteiger partial charge in [0.2, 0.25) is 17.2 Å². The van der Waals surface area contributed by atoms with Crippen molar-refractivity contribution < 1.29 is 83.5 Å². The van der Waals surface area contributed by atoms with E-state index in [2.05, 4.69) is 93.3 Å². The molecular weight excluding hydrogens is 1200 g/mol. The van der Waals surface area contributed by atoms with Gasteiger partial charge in [-0.05, 0) is 87.9 Å². The minimum absolute atomic E-state index is 0.0209. The number of nitrogen functional groups attached to an aromatic ring is 1. The fourth-order valence-corrected chi connectivity index (χ4v) is 14.2. The Morgan fingerprint density at radius 2 is 1.60 bits per heavy atom. The maximum Gasteiger partial charge on any atom is 0.490 e. The Morgan fingerprint density at radius 1 is 0.895 bits per heavy atom. The second kappa shape index (κ2) is 27.6. The molecule has 6 atom stereocenters. The maximum absolute atomic E-state index is 13.0. The summed E-state index contributed by atoms with van der Waals surface area (Å²) in [6.45, 7) is 12.4. The monoisotopic (exact) mass is 1270 g/mol. The van der Waals surface area contributed by atoms with Crippen LogP contribution in [0.4, 0.5) is 17.5 Å². The molecule has 2 aromatic heterocycles. The highest BCUT2D eigenvalue weighted by Gasteiger charge is 2.48. The molecule has 4 aliphatic rings. The first-order chi connectivity index (χ1) is 40.6. The molecule has 0 saturated carbocycles. The van der Waals surface area contributed by atoms with Gasteiger partial charge in [-0.1, -0.05) is 75.6 Å². The van der Waals surface area contributed by atoms with Gasteiger partial charge in [0, 0.05) is 65.6 Å². The first-order valence-corrected chi connectivity index (χ1v) is 33.8. The predicted molar refractivity (Wildman–Crippen MR) is 318 cm³/mol. The summed E-state index contributed by atoms with van der Waals surface area (Å²) in [7, 11) is -21.8. The number of aliphatic hydroxyl groups is 2. The lowest BCUT2D eigenvalue weighted by Crippen LogP contribution is -2.33. The van der Waals surface area contributed by atoms with Gasteiger partial charge in [-0.3, -0.25) is 13.9 Å². The number of ether oxygens (including phenoxy) is 1. The lowest BCUT2D eigenvalue weighted by Gasteiger charge is -2.27. The van der Waals surface area contributed by atoms with Gasteiger partial charge in [0.25, 0.3) is 0 Å². The van der Waals surface area contributed by atoms with Crippen molar-refractivity contribution in [2.24, 2.45) is 0 Å². The van der Waals surface area contributed by atoms with Crippen LogP contribution in [0.15, 0.2) is 100 Å². The smallest absolute Gasteiger partial charge is 0.490 e. The van der Waals surface area contributed by atoms with Crippen LogP contribution in [-0.2, 0) is 51.9 Å². The maximum atomic E-state index is 13.0. The Kier molecular flexibility index (Phi) is 21.1. The van der Waals surface area contributed by atoms with E-state index in [1.165, 1.54) is 16.7 Å². The molecule has 10 N–H and O–H groups in total. The van der Waals surface area contributed by atoms with Gasteiger partial charge >= 0.3 is 23.5 Å². The van der Waals surface area contributed by atoms with Crippen LogP contribution < -0.4 is 31.2 Å². The highest BCUT2D eigenvalue weighted by Crippen LogP contribution is 2.66. The zero-order valence-corrected chi connectivity index (χ0v) is 51.5. The lowest BCUT2D eigenvalue weighted by atomic mass is 9.83. The van der Waals surface area contributed by atoms with Crippen LogP contribution in [0.3, 0.4) is 0 Å². The van der Waals surface area contributed by atoms with Crippen molar-refractivity contribution in [3.8, 4) is 22.6 Å². The molecule has 4 aromatic rings. The summed E-state index contributed by atoms with van der Waals surface area (Å²) in [5.41, 5.74) is 11.9. The zero-order chi connectivity index (χ0) is 62.4. The van der Waals surface area contributed by atoms with E-state index < -0.39 is 70.1 Å². The molecule has 466 valence electrons. The van der Waals surface area contributed by atoms with Crippen molar-refractivity contribution in [2.45, 2.75) is 121 Å². The Hall–Kier alpha value is -6.03. The Morgan fingerprint density at radius 3 is 2.30 bits per heavy atom. The number of allylic oxidation sites excluding steroid dienone is 3. The molecule has 5 heterocycles. The number of unbranched alkanes of at least 4 members (excludes halogenated alkanes) is 5. The molecule has 8 rings (SSSR count). The third kappa shape index (κ3) is 15.8. The average Bonchev–Trinajstić information content (AvgIpc) is 2.05. The number of nitrogens with zero attached hydrogens (tertiary/aromatic N) is 6. The van der Waals surface area contributed by atoms with Gasteiger partial charge in [0.15, 0.2) is 23.2 Å². The second-order valence-corrected chi connectivity index (χ2v) is 27.0. The number of imidazole rings is 1. The van der Waals surface area contributed by atoms with Crippen LogP contribution in [0.5, 0.6) is 0 Å². The highest BCUT2D eigenvalue weighted by atomic mass is 32.2. The Balaban J connectivity index is 0.833. The van der Waals surface area contributed by atoms with Crippen LogP contribution in [0.2, 0.25) is 0 Å². The number of rotatable bonds is 28. The molecule has 1 aliphatic carbocycles. The zero-order valence-electron chi connectivity index (χ0n) is 48.0. The topological polar surface area (TPSA) is 397 Å². The predicted octanol–water partition coefficient (Wildman–Crippen LogP) is 6.80. The van der Waals surface area contributed by atoms with Crippen LogP contribution in [0, 0.1) is 6.92 Å². The van der Waals surface area contributed by atoms with Gasteiger partial charge in [-0.15, -0.1) is 0 Å². The van der Waals surface area contributed by atoms with Crippen molar-refractivity contribution in [3.05, 3.63) is 113 Å². The lowest BCUT2D eigenvalue weighted by molar-refractivity contribution is -0.121. The molecule has 1 fully saturated rings. The van der Waals surface area contributed by atoms with E-state index in [1.54, 1.807) is 6.07 Å². The van der Waals surface area contributed by atoms with Gasteiger partial charge < -0.3 is 64.8 Å². The first kappa shape index (κ1) is 65.9. The first-order valence-electron chi connectivity index (χ1n) is 27.9. The summed E-state index contributed by atoms with van der Waals surface area (Å²) in [5, 5.41) is 29.1. The molecule has 0 radical (unpaired) electrons. The molecule has 31 heteroatoms. The number of carbonyl (C=O) groups is 1. The Bertz CT molecular complexity index is 3790. The Labute approximate surface area is 496 Å². The molecule has 2 unspecified atom stereocenters. The number of phosphoric ester groups is 1. The number of hydrogen-bond acceptors (Lipinski definition) is 20. The van der Waals surface area contributed by atoms with Crippen molar-refractivity contribution in [1.82, 2.24) is 29.4 Å². The number of carbonyl (C=O) groups excluding carboxylic acids is 1. The number of anilines is 3. The van der Waals surface area contributed by atoms with E-state index in [9.17, 15) is 51.5 Å². The molecule has 1 saturated heterocycles. The van der Waals surface area contributed by atoms with Crippen molar-refractivity contribution in [3.63, 3.8) is 0 Å². The summed E-state index contributed by atoms with van der Waals surface area (Å²) in [6, 6.07) is 20.8. The van der Waals surface area contributed by atoms with Crippen LogP contribution in [0.1, 0.15) is 102 Å². The minimum atomic E-state index is -5.82. The van der Waals surface area contributed by atoms with Crippen LogP contribution in [0.25, 0.3) is 39.9 Å². The fourth-order valence-electron chi connectivity index (χ4n) is 10.7. The summed E-state index contributed by atoms with van der Waals surface area (Å²) >= 11 is 0. The van der Waals surface area contributed by atoms with E-state index >= 15 is 0 Å². The number of hydrogen-bond donors (Lipinski definition) is 9. The van der Waals surface area contributed by atoms with Crippen molar-refractivity contribution in [1.29, 1.82) is 0 Å². The third-order valence-electron chi connectivity index (χ3n) is 15.0. The van der Waals surface area contributed by atoms with Gasteiger partial charge in [-0.25, -0.2) is 41.6 Å². The normalized spacial score (nSPS) is 19.8. The summed E-state index contributed by atoms with van der Waals surface area (Å²) in [5.74, 6) is 1.51. The van der Waals surface area contributed by atoms with E-state index in [1.807, 2.05) is 56.3 Å². The molecule has 2 aromatic carbocycles. The van der Waals surface area contributed by atoms with Gasteiger partial charge in [-0.2, -0.15) is 8.62 Å². The van der Waals surface area contributed by atoms with Crippen molar-refractivity contribution >= 4 is 74.2 Å². The number of amides is 1. The molecule has 0 bridgehead atoms. The summed E-state index contributed by atoms with van der Waals surface area (Å²) < 4.78 is 99.9. The SMILES string of the molecule is CC[N+](CC)=c1ccc2c(/C=C/C=C3/N(CCCCCC(=O)NCCCCCCNc4nc5c(N)ncnc5n4[C@@H]4O[C@H](COP(=O)(O)OP(=O)(O)OP(=O)(O)O)[C@@H](O)[C@H]4O)c4ccc(S(=O)(=O)[O-])cc4C3(C)C)c(C)c(-c3ccccc3)oc-2c1. The van der Waals surface area contributed by atoms with Gasteiger partial charge in [0.05, 0.1) is 17.6 Å². The molecular formula is C55H72N9O18P3S. The number of aromatic nitrogens is 4. The minimum Gasteiger partial charge on any atom is -0.744 e.